The summed E-state index contributed by atoms with van der Waals surface area (Å²) in [5.74, 6) is 0.834. The van der Waals surface area contributed by atoms with Gasteiger partial charge in [-0.2, -0.15) is 0 Å². The summed E-state index contributed by atoms with van der Waals surface area (Å²) in [6, 6.07) is 0. The fraction of sp³-hybridized carbons (Fsp3) is 0.909. The van der Waals surface area contributed by atoms with Gasteiger partial charge >= 0.3 is 0 Å². The molecule has 0 spiro atoms. The van der Waals surface area contributed by atoms with Crippen LogP contribution in [0, 0.1) is 5.92 Å². The number of likely N-dealkylation sites (tertiary alicyclic amines) is 1. The minimum Gasteiger partial charge on any atom is -0.355 e. The van der Waals surface area contributed by atoms with Crippen molar-refractivity contribution in [3.63, 3.8) is 0 Å². The van der Waals surface area contributed by atoms with Crippen molar-refractivity contribution in [1.82, 2.24) is 10.2 Å². The standard InChI is InChI=1S/C11H23N3O/c1-10-3-7-14(8-4-10)6-2-5-13-11(15)9-12/h10H,2-9,12H2,1H3,(H,13,15). The fourth-order valence-electron chi connectivity index (χ4n) is 1.89. The Hall–Kier alpha value is -0.610. The highest BCUT2D eigenvalue weighted by atomic mass is 16.1. The Balaban J connectivity index is 1.98. The summed E-state index contributed by atoms with van der Waals surface area (Å²) in [5, 5.41) is 2.79. The molecule has 0 atom stereocenters. The van der Waals surface area contributed by atoms with Crippen LogP contribution < -0.4 is 11.1 Å². The smallest absolute Gasteiger partial charge is 0.233 e. The van der Waals surface area contributed by atoms with E-state index in [0.717, 1.165) is 25.4 Å². The maximum absolute atomic E-state index is 10.9. The summed E-state index contributed by atoms with van der Waals surface area (Å²) in [7, 11) is 0. The minimum absolute atomic E-state index is 0.0535. The SMILES string of the molecule is CC1CCN(CCCNC(=O)CN)CC1. The van der Waals surface area contributed by atoms with Crippen molar-refractivity contribution in [1.29, 1.82) is 0 Å². The Morgan fingerprint density at radius 3 is 2.73 bits per heavy atom. The van der Waals surface area contributed by atoms with Crippen LogP contribution in [0.2, 0.25) is 0 Å². The van der Waals surface area contributed by atoms with Gasteiger partial charge in [0, 0.05) is 6.54 Å². The van der Waals surface area contributed by atoms with Crippen molar-refractivity contribution in [2.24, 2.45) is 11.7 Å². The van der Waals surface area contributed by atoms with Crippen molar-refractivity contribution in [3.8, 4) is 0 Å². The fourth-order valence-corrected chi connectivity index (χ4v) is 1.89. The first-order chi connectivity index (χ1) is 7.22. The van der Waals surface area contributed by atoms with Crippen molar-refractivity contribution in [3.05, 3.63) is 0 Å². The van der Waals surface area contributed by atoms with E-state index in [2.05, 4.69) is 17.1 Å². The molecule has 1 aliphatic heterocycles. The predicted molar refractivity (Wildman–Crippen MR) is 61.5 cm³/mol. The van der Waals surface area contributed by atoms with Crippen LogP contribution in [-0.2, 0) is 4.79 Å². The molecule has 1 fully saturated rings. The number of carbonyl (C=O) groups excluding carboxylic acids is 1. The molecule has 0 aromatic rings. The molecule has 0 bridgehead atoms. The van der Waals surface area contributed by atoms with E-state index < -0.39 is 0 Å². The zero-order valence-corrected chi connectivity index (χ0v) is 9.67. The second kappa shape index (κ2) is 6.80. The Bertz CT molecular complexity index is 188. The van der Waals surface area contributed by atoms with Gasteiger partial charge in [0.05, 0.1) is 6.54 Å². The lowest BCUT2D eigenvalue weighted by molar-refractivity contribution is -0.119. The Labute approximate surface area is 92.2 Å². The zero-order valence-electron chi connectivity index (χ0n) is 9.67. The van der Waals surface area contributed by atoms with Crippen molar-refractivity contribution >= 4 is 5.91 Å². The molecule has 0 aliphatic carbocycles. The number of amides is 1. The molecule has 4 heteroatoms. The Morgan fingerprint density at radius 1 is 1.47 bits per heavy atom. The van der Waals surface area contributed by atoms with Gasteiger partial charge in [-0.3, -0.25) is 4.79 Å². The van der Waals surface area contributed by atoms with Gasteiger partial charge in [-0.05, 0) is 44.8 Å². The molecule has 0 aromatic carbocycles. The summed E-state index contributed by atoms with van der Waals surface area (Å²) in [5.41, 5.74) is 5.19. The third-order valence-corrected chi connectivity index (χ3v) is 3.03. The molecular weight excluding hydrogens is 190 g/mol. The number of hydrogen-bond donors (Lipinski definition) is 2. The molecule has 1 saturated heterocycles. The number of carbonyl (C=O) groups is 1. The molecule has 0 saturated carbocycles. The average Bonchev–Trinajstić information content (AvgIpc) is 2.26. The highest BCUT2D eigenvalue weighted by molar-refractivity contribution is 5.77. The van der Waals surface area contributed by atoms with Gasteiger partial charge in [-0.1, -0.05) is 6.92 Å². The zero-order chi connectivity index (χ0) is 11.1. The van der Waals surface area contributed by atoms with Gasteiger partial charge in [-0.15, -0.1) is 0 Å². The summed E-state index contributed by atoms with van der Waals surface area (Å²) >= 11 is 0. The van der Waals surface area contributed by atoms with E-state index in [1.807, 2.05) is 0 Å². The number of nitrogens with two attached hydrogens (primary N) is 1. The molecule has 1 amide bonds. The number of piperidine rings is 1. The summed E-state index contributed by atoms with van der Waals surface area (Å²) < 4.78 is 0. The third kappa shape index (κ3) is 5.14. The van der Waals surface area contributed by atoms with E-state index in [1.165, 1.54) is 25.9 Å². The van der Waals surface area contributed by atoms with Gasteiger partial charge in [0.2, 0.25) is 5.91 Å². The van der Waals surface area contributed by atoms with Crippen LogP contribution in [0.3, 0.4) is 0 Å². The molecule has 88 valence electrons. The Kier molecular flexibility index (Phi) is 5.65. The number of nitrogens with zero attached hydrogens (tertiary/aromatic N) is 1. The number of hydrogen-bond acceptors (Lipinski definition) is 3. The largest absolute Gasteiger partial charge is 0.355 e. The molecule has 4 nitrogen and oxygen atoms in total. The number of nitrogens with one attached hydrogen (secondary N) is 1. The molecule has 3 N–H and O–H groups in total. The summed E-state index contributed by atoms with van der Waals surface area (Å²) in [4.78, 5) is 13.3. The van der Waals surface area contributed by atoms with E-state index in [0.29, 0.717) is 0 Å². The molecular formula is C11H23N3O. The predicted octanol–water partition coefficient (Wildman–Crippen LogP) is 0.183. The molecule has 0 aromatic heterocycles. The minimum atomic E-state index is -0.0535. The first-order valence-corrected chi connectivity index (χ1v) is 5.91. The molecule has 1 heterocycles. The van der Waals surface area contributed by atoms with Crippen LogP contribution in [-0.4, -0.2) is 43.5 Å². The second-order valence-corrected chi connectivity index (χ2v) is 4.43. The molecule has 1 rings (SSSR count). The van der Waals surface area contributed by atoms with E-state index >= 15 is 0 Å². The van der Waals surface area contributed by atoms with Crippen molar-refractivity contribution in [2.45, 2.75) is 26.2 Å². The van der Waals surface area contributed by atoms with Gasteiger partial charge in [0.15, 0.2) is 0 Å². The molecule has 15 heavy (non-hydrogen) atoms. The Morgan fingerprint density at radius 2 is 2.13 bits per heavy atom. The van der Waals surface area contributed by atoms with E-state index in [1.54, 1.807) is 0 Å². The summed E-state index contributed by atoms with van der Waals surface area (Å²) in [6.45, 7) is 6.69. The van der Waals surface area contributed by atoms with Crippen LogP contribution in [0.25, 0.3) is 0 Å². The van der Waals surface area contributed by atoms with Crippen LogP contribution in [0.5, 0.6) is 0 Å². The van der Waals surface area contributed by atoms with E-state index in [9.17, 15) is 4.79 Å². The maximum atomic E-state index is 10.9. The highest BCUT2D eigenvalue weighted by Crippen LogP contribution is 2.15. The quantitative estimate of drug-likeness (QED) is 0.641. The maximum Gasteiger partial charge on any atom is 0.233 e. The first kappa shape index (κ1) is 12.5. The normalized spacial score (nSPS) is 19.1. The van der Waals surface area contributed by atoms with Crippen LogP contribution >= 0.6 is 0 Å². The first-order valence-electron chi connectivity index (χ1n) is 5.91. The lowest BCUT2D eigenvalue weighted by atomic mass is 9.99. The molecule has 0 radical (unpaired) electrons. The van der Waals surface area contributed by atoms with Crippen LogP contribution in [0.1, 0.15) is 26.2 Å². The van der Waals surface area contributed by atoms with Crippen molar-refractivity contribution < 1.29 is 4.79 Å². The van der Waals surface area contributed by atoms with Crippen LogP contribution in [0.4, 0.5) is 0 Å². The lowest BCUT2D eigenvalue weighted by Crippen LogP contribution is -2.36. The average molecular weight is 213 g/mol. The lowest BCUT2D eigenvalue weighted by Gasteiger charge is -2.30. The third-order valence-electron chi connectivity index (χ3n) is 3.03. The molecule has 0 unspecified atom stereocenters. The van der Waals surface area contributed by atoms with Crippen LogP contribution in [0.15, 0.2) is 0 Å². The molecule has 1 aliphatic rings. The summed E-state index contributed by atoms with van der Waals surface area (Å²) in [6.07, 6.45) is 3.66. The second-order valence-electron chi connectivity index (χ2n) is 4.43. The highest BCUT2D eigenvalue weighted by Gasteiger charge is 2.14. The topological polar surface area (TPSA) is 58.4 Å². The van der Waals surface area contributed by atoms with Crippen molar-refractivity contribution in [2.75, 3.05) is 32.7 Å². The monoisotopic (exact) mass is 213 g/mol. The van der Waals surface area contributed by atoms with E-state index in [-0.39, 0.29) is 12.5 Å². The van der Waals surface area contributed by atoms with E-state index in [4.69, 9.17) is 5.73 Å². The van der Waals surface area contributed by atoms with Gasteiger partial charge in [-0.25, -0.2) is 0 Å². The van der Waals surface area contributed by atoms with Gasteiger partial charge < -0.3 is 16.0 Å². The number of rotatable bonds is 5. The van der Waals surface area contributed by atoms with Gasteiger partial charge in [0.25, 0.3) is 0 Å². The van der Waals surface area contributed by atoms with Gasteiger partial charge in [0.1, 0.15) is 0 Å².